The molecule has 3 aliphatic rings. The summed E-state index contributed by atoms with van der Waals surface area (Å²) >= 11 is 0. The van der Waals surface area contributed by atoms with Crippen LogP contribution in [-0.2, 0) is 18.9 Å². The van der Waals surface area contributed by atoms with Crippen LogP contribution >= 0.6 is 0 Å². The van der Waals surface area contributed by atoms with Crippen molar-refractivity contribution in [2.75, 3.05) is 26.4 Å². The van der Waals surface area contributed by atoms with Crippen LogP contribution in [0.5, 0.6) is 0 Å². The van der Waals surface area contributed by atoms with Gasteiger partial charge in [-0.05, 0) is 0 Å². The summed E-state index contributed by atoms with van der Waals surface area (Å²) in [6.07, 6.45) is -23.5. The Bertz CT molecular complexity index is 727. The highest BCUT2D eigenvalue weighted by molar-refractivity contribution is 5.16. The van der Waals surface area contributed by atoms with Crippen molar-refractivity contribution in [3.8, 4) is 0 Å². The van der Waals surface area contributed by atoms with Crippen molar-refractivity contribution in [1.82, 2.24) is 0 Å². The minimum Gasteiger partial charge on any atom is -0.394 e. The molecule has 0 amide bonds. The molecule has 1 unspecified atom stereocenters. The summed E-state index contributed by atoms with van der Waals surface area (Å²) in [5, 5.41) is 133. The summed E-state index contributed by atoms with van der Waals surface area (Å²) < 4.78 is 20.7. The summed E-state index contributed by atoms with van der Waals surface area (Å²) in [6.45, 7) is -4.25. The first-order chi connectivity index (χ1) is 16.3. The number of hydrogen-bond acceptors (Lipinski definition) is 17. The third-order valence-corrected chi connectivity index (χ3v) is 6.76. The first-order valence-corrected chi connectivity index (χ1v) is 10.6. The molecule has 17 heteroatoms. The third kappa shape index (κ3) is 4.19. The summed E-state index contributed by atoms with van der Waals surface area (Å²) in [7, 11) is 0. The second-order valence-electron chi connectivity index (χ2n) is 8.76. The fourth-order valence-corrected chi connectivity index (χ4v) is 4.60. The molecule has 0 aromatic rings. The molecule has 0 aromatic carbocycles. The summed E-state index contributed by atoms with van der Waals surface area (Å²) in [6, 6.07) is 0. The summed E-state index contributed by atoms with van der Waals surface area (Å²) in [5.74, 6) is -6.15. The molecular weight excluding hydrogens is 488 g/mol. The maximum atomic E-state index is 11.4. The smallest absolute Gasteiger partial charge is 0.230 e. The molecule has 14 atom stereocenters. The van der Waals surface area contributed by atoms with Crippen LogP contribution in [0.25, 0.3) is 0 Å². The Kier molecular flexibility index (Phi) is 8.45. The zero-order chi connectivity index (χ0) is 26.5. The normalized spacial score (nSPS) is 55.3. The van der Waals surface area contributed by atoms with E-state index in [2.05, 4.69) is 0 Å². The van der Waals surface area contributed by atoms with Crippen LogP contribution in [0.2, 0.25) is 0 Å². The largest absolute Gasteiger partial charge is 0.394 e. The Hall–Kier alpha value is -0.680. The van der Waals surface area contributed by atoms with E-state index in [1.807, 2.05) is 0 Å². The van der Waals surface area contributed by atoms with Crippen LogP contribution in [0, 0.1) is 0 Å². The van der Waals surface area contributed by atoms with E-state index in [1.165, 1.54) is 0 Å². The van der Waals surface area contributed by atoms with Crippen molar-refractivity contribution < 1.29 is 85.3 Å². The lowest BCUT2D eigenvalue weighted by Gasteiger charge is -2.58. The Morgan fingerprint density at radius 2 is 1.14 bits per heavy atom. The van der Waals surface area contributed by atoms with Gasteiger partial charge in [-0.3, -0.25) is 0 Å². The number of hydrogen-bond donors (Lipinski definition) is 13. The minimum absolute atomic E-state index is 0.845. The van der Waals surface area contributed by atoms with Gasteiger partial charge in [0, 0.05) is 0 Å². The van der Waals surface area contributed by atoms with E-state index in [4.69, 9.17) is 18.9 Å². The molecule has 3 aliphatic heterocycles. The van der Waals surface area contributed by atoms with E-state index >= 15 is 0 Å². The fourth-order valence-electron chi connectivity index (χ4n) is 4.60. The SMILES string of the molecule is OC[C@H]1O[C@](O)([C@@]2(O)[C@H](O)[C@@H](CO)O[C@H](OC3(CO)O[C@H](CO)[C@@H](O)[C@@H]3O)[C@@H]2O)[C@H](O)[C@@H](O)[C@H]1O. The van der Waals surface area contributed by atoms with Crippen molar-refractivity contribution in [1.29, 1.82) is 0 Å². The Labute approximate surface area is 197 Å². The monoisotopic (exact) mass is 520 g/mol. The Morgan fingerprint density at radius 1 is 0.600 bits per heavy atom. The van der Waals surface area contributed by atoms with Gasteiger partial charge in [-0.1, -0.05) is 0 Å². The van der Waals surface area contributed by atoms with Crippen LogP contribution in [0.15, 0.2) is 0 Å². The van der Waals surface area contributed by atoms with E-state index in [0.29, 0.717) is 0 Å². The van der Waals surface area contributed by atoms with Gasteiger partial charge in [0.1, 0.15) is 67.6 Å². The van der Waals surface area contributed by atoms with E-state index in [1.54, 1.807) is 0 Å². The Balaban J connectivity index is 2.02. The standard InChI is InChI=1S/C18H32O17/c19-1-5-8(23)10(25)13(28)18(31,34-5)17(30)11(26)7(3-21)32-15(14(17)29)35-16(4-22)12(27)9(24)6(2-20)33-16/h5-15,19-31H,1-4H2/t5-,6-,7-,8+,9-,10+,11-,12+,13-,14+,15-,16?,17-,18+/m1/s1. The van der Waals surface area contributed by atoms with Gasteiger partial charge < -0.3 is 85.3 Å². The molecule has 3 rings (SSSR count). The van der Waals surface area contributed by atoms with Crippen LogP contribution in [-0.4, -0.2) is 177 Å². The van der Waals surface area contributed by atoms with Gasteiger partial charge in [-0.2, -0.15) is 0 Å². The van der Waals surface area contributed by atoms with Gasteiger partial charge in [-0.25, -0.2) is 0 Å². The Morgan fingerprint density at radius 3 is 1.63 bits per heavy atom. The molecule has 3 saturated heterocycles. The summed E-state index contributed by atoms with van der Waals surface area (Å²) in [5.41, 5.74) is -3.51. The first kappa shape index (κ1) is 28.9. The molecule has 0 spiro atoms. The average molecular weight is 520 g/mol. The predicted molar refractivity (Wildman–Crippen MR) is 103 cm³/mol. The van der Waals surface area contributed by atoms with E-state index in [0.717, 1.165) is 0 Å². The maximum absolute atomic E-state index is 11.4. The second-order valence-corrected chi connectivity index (χ2v) is 8.76. The zero-order valence-corrected chi connectivity index (χ0v) is 18.1. The van der Waals surface area contributed by atoms with Gasteiger partial charge in [-0.15, -0.1) is 0 Å². The zero-order valence-electron chi connectivity index (χ0n) is 18.1. The molecule has 3 fully saturated rings. The van der Waals surface area contributed by atoms with Crippen LogP contribution in [0.4, 0.5) is 0 Å². The molecule has 0 saturated carbocycles. The highest BCUT2D eigenvalue weighted by Crippen LogP contribution is 2.46. The van der Waals surface area contributed by atoms with Gasteiger partial charge >= 0.3 is 0 Å². The van der Waals surface area contributed by atoms with Gasteiger partial charge in [0.15, 0.2) is 11.9 Å². The average Bonchev–Trinajstić information content (AvgIpc) is 3.10. The number of rotatable bonds is 7. The van der Waals surface area contributed by atoms with Crippen LogP contribution in [0.3, 0.4) is 0 Å². The highest BCUT2D eigenvalue weighted by Gasteiger charge is 2.73. The van der Waals surface area contributed by atoms with Crippen LogP contribution in [0.1, 0.15) is 0 Å². The topological polar surface area (TPSA) is 300 Å². The molecular formula is C18H32O17. The van der Waals surface area contributed by atoms with Crippen LogP contribution < -0.4 is 0 Å². The lowest BCUT2D eigenvalue weighted by atomic mass is 9.72. The van der Waals surface area contributed by atoms with Gasteiger partial charge in [0.2, 0.25) is 11.6 Å². The van der Waals surface area contributed by atoms with Crippen molar-refractivity contribution in [2.24, 2.45) is 0 Å². The molecule has 0 aromatic heterocycles. The molecule has 35 heavy (non-hydrogen) atoms. The fraction of sp³-hybridized carbons (Fsp3) is 1.00. The molecule has 206 valence electrons. The lowest BCUT2D eigenvalue weighted by molar-refractivity contribution is -0.466. The maximum Gasteiger partial charge on any atom is 0.230 e. The van der Waals surface area contributed by atoms with E-state index in [-0.39, 0.29) is 0 Å². The molecule has 3 heterocycles. The quantitative estimate of drug-likeness (QED) is 0.148. The molecule has 0 radical (unpaired) electrons. The van der Waals surface area contributed by atoms with Crippen molar-refractivity contribution >= 4 is 0 Å². The molecule has 0 aliphatic carbocycles. The van der Waals surface area contributed by atoms with E-state index < -0.39 is 111 Å². The number of aliphatic hydroxyl groups excluding tert-OH is 11. The highest BCUT2D eigenvalue weighted by atomic mass is 16.8. The first-order valence-electron chi connectivity index (χ1n) is 10.6. The second kappa shape index (κ2) is 10.2. The van der Waals surface area contributed by atoms with Crippen molar-refractivity contribution in [3.63, 3.8) is 0 Å². The molecule has 0 bridgehead atoms. The minimum atomic E-state index is -3.55. The third-order valence-electron chi connectivity index (χ3n) is 6.76. The van der Waals surface area contributed by atoms with Gasteiger partial charge in [0.25, 0.3) is 0 Å². The van der Waals surface area contributed by atoms with E-state index in [9.17, 15) is 66.4 Å². The summed E-state index contributed by atoms with van der Waals surface area (Å²) in [4.78, 5) is 0. The number of ether oxygens (including phenoxy) is 4. The van der Waals surface area contributed by atoms with Crippen molar-refractivity contribution in [3.05, 3.63) is 0 Å². The van der Waals surface area contributed by atoms with Crippen molar-refractivity contribution in [2.45, 2.75) is 84.5 Å². The number of aliphatic hydroxyl groups is 13. The van der Waals surface area contributed by atoms with Gasteiger partial charge in [0.05, 0.1) is 19.8 Å². The predicted octanol–water partition coefficient (Wildman–Crippen LogP) is -8.86. The lowest BCUT2D eigenvalue weighted by Crippen LogP contribution is -2.83. The molecule has 17 nitrogen and oxygen atoms in total. The molecule has 13 N–H and O–H groups in total.